The van der Waals surface area contributed by atoms with Gasteiger partial charge in [-0.25, -0.2) is 0 Å². The molecule has 0 spiro atoms. The summed E-state index contributed by atoms with van der Waals surface area (Å²) >= 11 is 0. The smallest absolute Gasteiger partial charge is 0.493 e. The van der Waals surface area contributed by atoms with Crippen molar-refractivity contribution < 1.29 is 68.7 Å². The topological polar surface area (TPSA) is 13.1 Å². The van der Waals surface area contributed by atoms with E-state index in [0.717, 1.165) is 6.07 Å². The van der Waals surface area contributed by atoms with Crippen LogP contribution in [0.25, 0.3) is 11.0 Å². The third-order valence-electron chi connectivity index (χ3n) is 1.77. The molecule has 68 valence electrons. The van der Waals surface area contributed by atoms with Crippen LogP contribution in [0.2, 0.25) is 0 Å². The van der Waals surface area contributed by atoms with Crippen molar-refractivity contribution in [2.24, 2.45) is 0 Å². The fourth-order valence-corrected chi connectivity index (χ4v) is 1.16. The van der Waals surface area contributed by atoms with Gasteiger partial charge in [0.1, 0.15) is 5.58 Å². The van der Waals surface area contributed by atoms with Crippen LogP contribution in [0, 0.1) is 0 Å². The van der Waals surface area contributed by atoms with Gasteiger partial charge >= 0.3 is 58.4 Å². The summed E-state index contributed by atoms with van der Waals surface area (Å²) in [7, 11) is 0. The van der Waals surface area contributed by atoms with E-state index in [-0.39, 0.29) is 57.0 Å². The number of hydrogen-bond donors (Lipinski definition) is 0. The van der Waals surface area contributed by atoms with E-state index in [1.165, 1.54) is 6.07 Å². The number of hydrogen-bond acceptors (Lipinski definition) is 1. The number of fused-ring (bicyclic) bond motifs is 1. The Morgan fingerprint density at radius 2 is 1.71 bits per heavy atom. The Bertz CT molecular complexity index is 404. The van der Waals surface area contributed by atoms with Gasteiger partial charge in [-0.1, -0.05) is 18.2 Å². The minimum absolute atomic E-state index is 0. The van der Waals surface area contributed by atoms with Crippen LogP contribution in [0.15, 0.2) is 34.7 Å². The van der Waals surface area contributed by atoms with E-state index in [2.05, 4.69) is 4.42 Å². The standard InChI is InChI=1S/C8H5BF3O.K/c10-9(11,12)8-5-6-3-1-2-4-7(6)13-8;/h1-5H;/q-1;+1. The average molecular weight is 224 g/mol. The zero-order valence-electron chi connectivity index (χ0n) is 7.51. The predicted octanol–water partition coefficient (Wildman–Crippen LogP) is -0.509. The largest absolute Gasteiger partial charge is 1.00 e. The van der Waals surface area contributed by atoms with Gasteiger partial charge in [-0.05, 0) is 12.1 Å². The van der Waals surface area contributed by atoms with E-state index in [9.17, 15) is 12.9 Å². The molecule has 1 nitrogen and oxygen atoms in total. The Morgan fingerprint density at radius 1 is 1.07 bits per heavy atom. The molecule has 0 fully saturated rings. The van der Waals surface area contributed by atoms with Crippen LogP contribution in [-0.4, -0.2) is 6.98 Å². The molecule has 0 radical (unpaired) electrons. The Kier molecular flexibility index (Phi) is 3.88. The van der Waals surface area contributed by atoms with Crippen molar-refractivity contribution in [3.63, 3.8) is 0 Å². The first-order valence-electron chi connectivity index (χ1n) is 3.76. The number of rotatable bonds is 1. The number of halogens is 3. The second kappa shape index (κ2) is 4.40. The maximum absolute atomic E-state index is 12.2. The van der Waals surface area contributed by atoms with Gasteiger partial charge < -0.3 is 17.4 Å². The average Bonchev–Trinajstić information content (AvgIpc) is 2.45. The molecule has 2 rings (SSSR count). The summed E-state index contributed by atoms with van der Waals surface area (Å²) in [6, 6.07) is 7.43. The van der Waals surface area contributed by atoms with Crippen molar-refractivity contribution in [1.82, 2.24) is 0 Å². The second-order valence-corrected chi connectivity index (χ2v) is 2.76. The molecule has 0 unspecified atom stereocenters. The summed E-state index contributed by atoms with van der Waals surface area (Å²) in [5.41, 5.74) is -0.613. The molecular formula is C8H5BF3KO. The molecule has 1 heterocycles. The summed E-state index contributed by atoms with van der Waals surface area (Å²) in [5, 5.41) is 0.483. The van der Waals surface area contributed by atoms with Gasteiger partial charge in [0.05, 0.1) is 0 Å². The van der Waals surface area contributed by atoms with Crippen molar-refractivity contribution in [2.75, 3.05) is 0 Å². The fraction of sp³-hybridized carbons (Fsp3) is 0. The quantitative estimate of drug-likeness (QED) is 0.595. The maximum Gasteiger partial charge on any atom is 1.00 e. The summed E-state index contributed by atoms with van der Waals surface area (Å²) in [5.74, 6) is 0. The summed E-state index contributed by atoms with van der Waals surface area (Å²) in [6.45, 7) is -5.02. The van der Waals surface area contributed by atoms with Gasteiger partial charge in [-0.15, -0.1) is 0 Å². The van der Waals surface area contributed by atoms with Crippen molar-refractivity contribution in [2.45, 2.75) is 0 Å². The summed E-state index contributed by atoms with van der Waals surface area (Å²) < 4.78 is 41.2. The molecular weight excluding hydrogens is 219 g/mol. The van der Waals surface area contributed by atoms with Crippen LogP contribution in [0.1, 0.15) is 0 Å². The number of furan rings is 1. The maximum atomic E-state index is 12.2. The van der Waals surface area contributed by atoms with Gasteiger partial charge in [0, 0.05) is 11.0 Å². The molecule has 0 N–H and O–H groups in total. The van der Waals surface area contributed by atoms with Gasteiger partial charge in [0.15, 0.2) is 0 Å². The van der Waals surface area contributed by atoms with E-state index in [0.29, 0.717) is 5.39 Å². The van der Waals surface area contributed by atoms with Gasteiger partial charge in [0.2, 0.25) is 0 Å². The molecule has 0 saturated heterocycles. The van der Waals surface area contributed by atoms with E-state index < -0.39 is 12.6 Å². The zero-order valence-corrected chi connectivity index (χ0v) is 10.6. The number of para-hydroxylation sites is 1. The number of benzene rings is 1. The van der Waals surface area contributed by atoms with Crippen molar-refractivity contribution in [1.29, 1.82) is 0 Å². The normalized spacial score (nSPS) is 11.4. The van der Waals surface area contributed by atoms with Gasteiger partial charge in [-0.3, -0.25) is 0 Å². The monoisotopic (exact) mass is 224 g/mol. The molecule has 2 aromatic rings. The minimum Gasteiger partial charge on any atom is -0.493 e. The second-order valence-electron chi connectivity index (χ2n) is 2.76. The molecule has 0 aliphatic carbocycles. The van der Waals surface area contributed by atoms with Crippen LogP contribution in [-0.2, 0) is 0 Å². The molecule has 0 aliphatic heterocycles. The van der Waals surface area contributed by atoms with Crippen LogP contribution in [0.3, 0.4) is 0 Å². The molecule has 0 amide bonds. The molecule has 1 aromatic carbocycles. The zero-order chi connectivity index (χ0) is 9.47. The molecule has 0 atom stereocenters. The van der Waals surface area contributed by atoms with Crippen molar-refractivity contribution in [3.8, 4) is 0 Å². The van der Waals surface area contributed by atoms with Crippen LogP contribution in [0.5, 0.6) is 0 Å². The van der Waals surface area contributed by atoms with Gasteiger partial charge in [0.25, 0.3) is 0 Å². The first-order chi connectivity index (χ1) is 6.07. The van der Waals surface area contributed by atoms with Gasteiger partial charge in [-0.2, -0.15) is 0 Å². The van der Waals surface area contributed by atoms with Crippen LogP contribution < -0.4 is 57.0 Å². The third kappa shape index (κ3) is 2.43. The molecule has 0 saturated carbocycles. The first-order valence-corrected chi connectivity index (χ1v) is 3.76. The summed E-state index contributed by atoms with van der Waals surface area (Å²) in [4.78, 5) is 0. The molecule has 6 heteroatoms. The fourth-order valence-electron chi connectivity index (χ4n) is 1.16. The molecule has 0 aliphatic rings. The molecule has 1 aromatic heterocycles. The minimum atomic E-state index is -5.02. The van der Waals surface area contributed by atoms with Crippen LogP contribution in [0.4, 0.5) is 12.9 Å². The van der Waals surface area contributed by atoms with Crippen molar-refractivity contribution >= 4 is 23.6 Å². The van der Waals surface area contributed by atoms with E-state index in [1.807, 2.05) is 0 Å². The predicted molar refractivity (Wildman–Crippen MR) is 44.9 cm³/mol. The Hall–Kier alpha value is 0.251. The Labute approximate surface area is 121 Å². The Balaban J connectivity index is 0.000000980. The first kappa shape index (κ1) is 12.3. The molecule has 0 bridgehead atoms. The van der Waals surface area contributed by atoms with E-state index >= 15 is 0 Å². The third-order valence-corrected chi connectivity index (χ3v) is 1.77. The van der Waals surface area contributed by atoms with Crippen LogP contribution >= 0.6 is 0 Å². The summed E-state index contributed by atoms with van der Waals surface area (Å²) in [6.07, 6.45) is 0. The van der Waals surface area contributed by atoms with E-state index in [4.69, 9.17) is 0 Å². The Morgan fingerprint density at radius 3 is 2.29 bits per heavy atom. The van der Waals surface area contributed by atoms with E-state index in [1.54, 1.807) is 18.2 Å². The SMILES string of the molecule is F[B-](F)(F)c1cc2ccccc2o1.[K+]. The molecule has 14 heavy (non-hydrogen) atoms. The van der Waals surface area contributed by atoms with Crippen molar-refractivity contribution in [3.05, 3.63) is 30.3 Å².